The van der Waals surface area contributed by atoms with E-state index in [1.54, 1.807) is 12.3 Å². The molecule has 0 bridgehead atoms. The van der Waals surface area contributed by atoms with Crippen LogP contribution in [0.25, 0.3) is 0 Å². The Morgan fingerprint density at radius 2 is 2.17 bits per heavy atom. The number of hydrogen-bond acceptors (Lipinski definition) is 4. The minimum Gasteiger partial charge on any atom is -0.504 e. The maximum Gasteiger partial charge on any atom is 0.254 e. The maximum absolute atomic E-state index is 12.4. The van der Waals surface area contributed by atoms with Crippen LogP contribution in [-0.4, -0.2) is 31.9 Å². The summed E-state index contributed by atoms with van der Waals surface area (Å²) in [6.07, 6.45) is 5.31. The molecule has 0 fully saturated rings. The van der Waals surface area contributed by atoms with Gasteiger partial charge in [0.25, 0.3) is 5.91 Å². The molecule has 3 N–H and O–H groups in total. The van der Waals surface area contributed by atoms with Crippen LogP contribution in [-0.2, 0) is 19.4 Å². The fraction of sp³-hybridized carbons (Fsp3) is 0.412. The van der Waals surface area contributed by atoms with Crippen LogP contribution in [0, 0.1) is 0 Å². The van der Waals surface area contributed by atoms with Crippen molar-refractivity contribution in [3.8, 4) is 11.5 Å². The number of nitrogens with one attached hydrogen (secondary N) is 1. The molecule has 2 aromatic rings. The fourth-order valence-corrected chi connectivity index (χ4v) is 3.01. The van der Waals surface area contributed by atoms with Gasteiger partial charge in [-0.15, -0.1) is 0 Å². The molecule has 1 amide bonds. The van der Waals surface area contributed by atoms with E-state index >= 15 is 0 Å². The van der Waals surface area contributed by atoms with Gasteiger partial charge in [0.1, 0.15) is 0 Å². The van der Waals surface area contributed by atoms with Crippen molar-refractivity contribution in [1.29, 1.82) is 0 Å². The van der Waals surface area contributed by atoms with Crippen LogP contribution in [0.3, 0.4) is 0 Å². The van der Waals surface area contributed by atoms with E-state index in [0.29, 0.717) is 12.0 Å². The SMILES string of the molecule is C[C@H](Cc1ccc(O)c(O)c1)NC(=O)c1cnn2c1CCCC2. The molecule has 0 spiro atoms. The highest BCUT2D eigenvalue weighted by atomic mass is 16.3. The molecule has 2 heterocycles. The third-order valence-corrected chi connectivity index (χ3v) is 4.19. The number of aromatic hydroxyl groups is 2. The number of phenols is 2. The monoisotopic (exact) mass is 315 g/mol. The normalized spacial score (nSPS) is 15.0. The van der Waals surface area contributed by atoms with Crippen LogP contribution in [0.4, 0.5) is 0 Å². The first-order valence-electron chi connectivity index (χ1n) is 7.91. The molecular weight excluding hydrogens is 294 g/mol. The summed E-state index contributed by atoms with van der Waals surface area (Å²) in [5.41, 5.74) is 2.53. The molecule has 1 atom stereocenters. The summed E-state index contributed by atoms with van der Waals surface area (Å²) in [6, 6.07) is 4.61. The van der Waals surface area contributed by atoms with Crippen LogP contribution >= 0.6 is 0 Å². The van der Waals surface area contributed by atoms with Gasteiger partial charge in [-0.3, -0.25) is 9.48 Å². The first kappa shape index (κ1) is 15.4. The van der Waals surface area contributed by atoms with E-state index in [1.165, 1.54) is 12.1 Å². The van der Waals surface area contributed by atoms with Crippen molar-refractivity contribution in [1.82, 2.24) is 15.1 Å². The lowest BCUT2D eigenvalue weighted by Crippen LogP contribution is -2.34. The van der Waals surface area contributed by atoms with Gasteiger partial charge in [0.2, 0.25) is 0 Å². The van der Waals surface area contributed by atoms with E-state index in [2.05, 4.69) is 10.4 Å². The first-order chi connectivity index (χ1) is 11.0. The van der Waals surface area contributed by atoms with Crippen molar-refractivity contribution in [2.45, 2.75) is 45.2 Å². The van der Waals surface area contributed by atoms with Gasteiger partial charge in [-0.05, 0) is 50.3 Å². The number of phenolic OH excluding ortho intramolecular Hbond substituents is 2. The minimum atomic E-state index is -0.147. The van der Waals surface area contributed by atoms with E-state index < -0.39 is 0 Å². The topological polar surface area (TPSA) is 87.4 Å². The van der Waals surface area contributed by atoms with Crippen molar-refractivity contribution >= 4 is 5.91 Å². The number of carbonyl (C=O) groups excluding carboxylic acids is 1. The fourth-order valence-electron chi connectivity index (χ4n) is 3.01. The molecule has 122 valence electrons. The van der Waals surface area contributed by atoms with Gasteiger partial charge < -0.3 is 15.5 Å². The largest absolute Gasteiger partial charge is 0.504 e. The molecular formula is C17H21N3O3. The first-order valence-corrected chi connectivity index (χ1v) is 7.91. The second kappa shape index (κ2) is 6.32. The summed E-state index contributed by atoms with van der Waals surface area (Å²) in [5.74, 6) is -0.396. The molecule has 0 saturated heterocycles. The number of nitrogens with zero attached hydrogens (tertiary/aromatic N) is 2. The van der Waals surface area contributed by atoms with Gasteiger partial charge in [0.15, 0.2) is 11.5 Å². The number of rotatable bonds is 4. The number of hydrogen-bond donors (Lipinski definition) is 3. The second-order valence-electron chi connectivity index (χ2n) is 6.09. The van der Waals surface area contributed by atoms with Gasteiger partial charge in [-0.2, -0.15) is 5.10 Å². The van der Waals surface area contributed by atoms with Gasteiger partial charge in [0, 0.05) is 12.6 Å². The zero-order chi connectivity index (χ0) is 16.4. The molecule has 3 rings (SSSR count). The lowest BCUT2D eigenvalue weighted by atomic mass is 10.0. The van der Waals surface area contributed by atoms with Gasteiger partial charge >= 0.3 is 0 Å². The molecule has 1 aromatic carbocycles. The van der Waals surface area contributed by atoms with E-state index in [-0.39, 0.29) is 23.4 Å². The van der Waals surface area contributed by atoms with E-state index in [0.717, 1.165) is 37.1 Å². The van der Waals surface area contributed by atoms with E-state index in [9.17, 15) is 15.0 Å². The van der Waals surface area contributed by atoms with E-state index in [4.69, 9.17) is 0 Å². The molecule has 6 nitrogen and oxygen atoms in total. The summed E-state index contributed by atoms with van der Waals surface area (Å²) >= 11 is 0. The molecule has 0 aliphatic carbocycles. The van der Waals surface area contributed by atoms with Crippen molar-refractivity contribution in [3.63, 3.8) is 0 Å². The Morgan fingerprint density at radius 1 is 1.35 bits per heavy atom. The summed E-state index contributed by atoms with van der Waals surface area (Å²) in [5, 5.41) is 26.1. The number of benzene rings is 1. The Balaban J connectivity index is 1.65. The number of aryl methyl sites for hydroxylation is 1. The molecule has 6 heteroatoms. The Labute approximate surface area is 134 Å². The highest BCUT2D eigenvalue weighted by Gasteiger charge is 2.20. The van der Waals surface area contributed by atoms with Crippen molar-refractivity contribution < 1.29 is 15.0 Å². The summed E-state index contributed by atoms with van der Waals surface area (Å²) in [4.78, 5) is 12.4. The molecule has 0 saturated carbocycles. The lowest BCUT2D eigenvalue weighted by Gasteiger charge is -2.17. The van der Waals surface area contributed by atoms with Crippen LogP contribution in [0.15, 0.2) is 24.4 Å². The van der Waals surface area contributed by atoms with Crippen molar-refractivity contribution in [2.75, 3.05) is 0 Å². The van der Waals surface area contributed by atoms with E-state index in [1.807, 2.05) is 11.6 Å². The van der Waals surface area contributed by atoms with Crippen molar-refractivity contribution in [3.05, 3.63) is 41.2 Å². The number of carbonyl (C=O) groups is 1. The van der Waals surface area contributed by atoms with Crippen LogP contribution in [0.2, 0.25) is 0 Å². The minimum absolute atomic E-state index is 0.0921. The van der Waals surface area contributed by atoms with Crippen LogP contribution < -0.4 is 5.32 Å². The quantitative estimate of drug-likeness (QED) is 0.753. The summed E-state index contributed by atoms with van der Waals surface area (Å²) < 4.78 is 1.92. The van der Waals surface area contributed by atoms with Gasteiger partial charge in [-0.1, -0.05) is 6.07 Å². The molecule has 1 aromatic heterocycles. The molecule has 0 radical (unpaired) electrons. The van der Waals surface area contributed by atoms with Crippen molar-refractivity contribution in [2.24, 2.45) is 0 Å². The predicted octanol–water partition coefficient (Wildman–Crippen LogP) is 1.99. The highest BCUT2D eigenvalue weighted by Crippen LogP contribution is 2.25. The van der Waals surface area contributed by atoms with Gasteiger partial charge in [-0.25, -0.2) is 0 Å². The van der Waals surface area contributed by atoms with Crippen LogP contribution in [0.5, 0.6) is 11.5 Å². The Bertz CT molecular complexity index is 724. The Hall–Kier alpha value is -2.50. The third kappa shape index (κ3) is 3.31. The standard InChI is InChI=1S/C17H21N3O3/c1-11(8-12-5-6-15(21)16(22)9-12)19-17(23)13-10-18-20-7-3-2-4-14(13)20/h5-6,9-11,21-22H,2-4,7-8H2,1H3,(H,19,23)/t11-/m1/s1. The zero-order valence-electron chi connectivity index (χ0n) is 13.1. The summed E-state index contributed by atoms with van der Waals surface area (Å²) in [6.45, 7) is 2.79. The molecule has 1 aliphatic heterocycles. The Kier molecular flexibility index (Phi) is 4.23. The second-order valence-corrected chi connectivity index (χ2v) is 6.09. The predicted molar refractivity (Wildman–Crippen MR) is 85.6 cm³/mol. The average Bonchev–Trinajstić information content (AvgIpc) is 2.95. The smallest absolute Gasteiger partial charge is 0.254 e. The maximum atomic E-state index is 12.4. The summed E-state index contributed by atoms with van der Waals surface area (Å²) in [7, 11) is 0. The molecule has 1 aliphatic rings. The van der Waals surface area contributed by atoms with Crippen LogP contribution in [0.1, 0.15) is 41.4 Å². The highest BCUT2D eigenvalue weighted by molar-refractivity contribution is 5.95. The third-order valence-electron chi connectivity index (χ3n) is 4.19. The average molecular weight is 315 g/mol. The van der Waals surface area contributed by atoms with Gasteiger partial charge in [0.05, 0.1) is 17.5 Å². The number of fused-ring (bicyclic) bond motifs is 1. The number of aromatic nitrogens is 2. The Morgan fingerprint density at radius 3 is 2.96 bits per heavy atom. The zero-order valence-corrected chi connectivity index (χ0v) is 13.1. The number of amides is 1. The molecule has 23 heavy (non-hydrogen) atoms. The molecule has 0 unspecified atom stereocenters. The lowest BCUT2D eigenvalue weighted by molar-refractivity contribution is 0.0938.